The predicted octanol–water partition coefficient (Wildman–Crippen LogP) is 2.64. The molecule has 18 heavy (non-hydrogen) atoms. The van der Waals surface area contributed by atoms with Crippen LogP contribution in [0, 0.1) is 6.92 Å². The maximum atomic E-state index is 11.7. The quantitative estimate of drug-likeness (QED) is 0.809. The van der Waals surface area contributed by atoms with Crippen LogP contribution in [0.1, 0.15) is 28.2 Å². The SMILES string of the molecule is CCOC(=O)c1nnc(C)n1Cc1sccc1Br. The number of halogens is 1. The zero-order chi connectivity index (χ0) is 13.1. The third kappa shape index (κ3) is 2.62. The minimum absolute atomic E-state index is 0.245. The number of hydrogen-bond donors (Lipinski definition) is 0. The van der Waals surface area contributed by atoms with Gasteiger partial charge in [0, 0.05) is 9.35 Å². The van der Waals surface area contributed by atoms with Crippen LogP contribution in [-0.4, -0.2) is 27.3 Å². The molecular formula is C11H12BrN3O2S. The molecule has 2 rings (SSSR count). The molecule has 0 fully saturated rings. The molecule has 96 valence electrons. The lowest BCUT2D eigenvalue weighted by molar-refractivity contribution is 0.0506. The monoisotopic (exact) mass is 329 g/mol. The highest BCUT2D eigenvalue weighted by Gasteiger charge is 2.18. The Labute approximate surface area is 117 Å². The fraction of sp³-hybridized carbons (Fsp3) is 0.364. The van der Waals surface area contributed by atoms with Crippen LogP contribution in [0.4, 0.5) is 0 Å². The summed E-state index contributed by atoms with van der Waals surface area (Å²) in [6.45, 7) is 4.47. The summed E-state index contributed by atoms with van der Waals surface area (Å²) < 4.78 is 7.74. The van der Waals surface area contributed by atoms with Gasteiger partial charge in [0.15, 0.2) is 0 Å². The Bertz CT molecular complexity index is 564. The first-order valence-electron chi connectivity index (χ1n) is 5.42. The molecule has 2 heterocycles. The third-order valence-corrected chi connectivity index (χ3v) is 4.30. The second kappa shape index (κ2) is 5.62. The Morgan fingerprint density at radius 1 is 1.56 bits per heavy atom. The van der Waals surface area contributed by atoms with Crippen LogP contribution < -0.4 is 0 Å². The summed E-state index contributed by atoms with van der Waals surface area (Å²) in [5.74, 6) is 0.499. The molecule has 0 radical (unpaired) electrons. The molecule has 0 aliphatic carbocycles. The van der Waals surface area contributed by atoms with Crippen molar-refractivity contribution in [1.29, 1.82) is 0 Å². The molecule has 0 atom stereocenters. The topological polar surface area (TPSA) is 57.0 Å². The molecule has 0 unspecified atom stereocenters. The number of aryl methyl sites for hydroxylation is 1. The Morgan fingerprint density at radius 2 is 2.33 bits per heavy atom. The Morgan fingerprint density at radius 3 is 2.94 bits per heavy atom. The number of esters is 1. The minimum Gasteiger partial charge on any atom is -0.460 e. The number of carbonyl (C=O) groups is 1. The van der Waals surface area contributed by atoms with Crippen LogP contribution in [-0.2, 0) is 11.3 Å². The standard InChI is InChI=1S/C11H12BrN3O2S/c1-3-17-11(16)10-14-13-7(2)15(10)6-9-8(12)4-5-18-9/h4-5H,3,6H2,1-2H3. The van der Waals surface area contributed by atoms with Gasteiger partial charge in [-0.3, -0.25) is 0 Å². The van der Waals surface area contributed by atoms with Crippen LogP contribution in [0.25, 0.3) is 0 Å². The second-order valence-corrected chi connectivity index (χ2v) is 5.42. The number of hydrogen-bond acceptors (Lipinski definition) is 5. The number of aromatic nitrogens is 3. The zero-order valence-corrected chi connectivity index (χ0v) is 12.4. The summed E-state index contributed by atoms with van der Waals surface area (Å²) in [7, 11) is 0. The van der Waals surface area contributed by atoms with Crippen molar-refractivity contribution >= 4 is 33.2 Å². The van der Waals surface area contributed by atoms with Gasteiger partial charge in [0.25, 0.3) is 0 Å². The van der Waals surface area contributed by atoms with E-state index in [1.165, 1.54) is 0 Å². The van der Waals surface area contributed by atoms with E-state index in [4.69, 9.17) is 4.74 Å². The van der Waals surface area contributed by atoms with Crippen molar-refractivity contribution in [3.8, 4) is 0 Å². The normalized spacial score (nSPS) is 10.6. The number of carbonyl (C=O) groups excluding carboxylic acids is 1. The van der Waals surface area contributed by atoms with E-state index >= 15 is 0 Å². The van der Waals surface area contributed by atoms with E-state index in [9.17, 15) is 4.79 Å². The Hall–Kier alpha value is -1.21. The molecule has 0 spiro atoms. The molecule has 0 saturated heterocycles. The van der Waals surface area contributed by atoms with Gasteiger partial charge in [0.1, 0.15) is 5.82 Å². The van der Waals surface area contributed by atoms with Crippen molar-refractivity contribution < 1.29 is 9.53 Å². The predicted molar refractivity (Wildman–Crippen MR) is 71.8 cm³/mol. The Balaban J connectivity index is 2.30. The molecule has 7 heteroatoms. The van der Waals surface area contributed by atoms with E-state index < -0.39 is 5.97 Å². The molecule has 0 bridgehead atoms. The van der Waals surface area contributed by atoms with Gasteiger partial charge in [-0.05, 0) is 41.2 Å². The van der Waals surface area contributed by atoms with Crippen molar-refractivity contribution in [3.05, 3.63) is 32.4 Å². The molecule has 0 saturated carbocycles. The maximum Gasteiger partial charge on any atom is 0.376 e. The molecule has 0 amide bonds. The lowest BCUT2D eigenvalue weighted by Gasteiger charge is -2.07. The molecule has 0 aromatic carbocycles. The number of rotatable bonds is 4. The fourth-order valence-electron chi connectivity index (χ4n) is 1.50. The smallest absolute Gasteiger partial charge is 0.376 e. The first-order chi connectivity index (χ1) is 8.63. The summed E-state index contributed by atoms with van der Waals surface area (Å²) in [5, 5.41) is 9.79. The third-order valence-electron chi connectivity index (χ3n) is 2.39. The molecule has 2 aromatic rings. The average Bonchev–Trinajstić information content (AvgIpc) is 2.89. The largest absolute Gasteiger partial charge is 0.460 e. The van der Waals surface area contributed by atoms with E-state index in [-0.39, 0.29) is 5.82 Å². The van der Waals surface area contributed by atoms with Gasteiger partial charge in [-0.2, -0.15) is 0 Å². The van der Waals surface area contributed by atoms with Crippen LogP contribution in [0.5, 0.6) is 0 Å². The molecule has 0 N–H and O–H groups in total. The van der Waals surface area contributed by atoms with Crippen molar-refractivity contribution in [2.24, 2.45) is 0 Å². The van der Waals surface area contributed by atoms with Crippen LogP contribution in [0.2, 0.25) is 0 Å². The van der Waals surface area contributed by atoms with E-state index in [1.54, 1.807) is 22.8 Å². The van der Waals surface area contributed by atoms with Gasteiger partial charge in [-0.15, -0.1) is 21.5 Å². The molecule has 0 aliphatic rings. The first-order valence-corrected chi connectivity index (χ1v) is 7.09. The van der Waals surface area contributed by atoms with E-state index in [0.29, 0.717) is 19.0 Å². The Kier molecular flexibility index (Phi) is 4.13. The first kappa shape index (κ1) is 13.2. The minimum atomic E-state index is -0.439. The number of nitrogens with zero attached hydrogens (tertiary/aromatic N) is 3. The molecule has 2 aromatic heterocycles. The van der Waals surface area contributed by atoms with Crippen LogP contribution in [0.3, 0.4) is 0 Å². The number of thiophene rings is 1. The second-order valence-electron chi connectivity index (χ2n) is 3.57. The molecule has 0 aliphatic heterocycles. The summed E-state index contributed by atoms with van der Waals surface area (Å²) in [6, 6.07) is 1.98. The van der Waals surface area contributed by atoms with Crippen LogP contribution >= 0.6 is 27.3 Å². The van der Waals surface area contributed by atoms with Gasteiger partial charge in [-0.25, -0.2) is 4.79 Å². The van der Waals surface area contributed by atoms with E-state index in [2.05, 4.69) is 26.1 Å². The van der Waals surface area contributed by atoms with E-state index in [0.717, 1.165) is 9.35 Å². The highest BCUT2D eigenvalue weighted by atomic mass is 79.9. The summed E-state index contributed by atoms with van der Waals surface area (Å²) in [5.41, 5.74) is 0. The van der Waals surface area contributed by atoms with Crippen molar-refractivity contribution in [2.75, 3.05) is 6.61 Å². The van der Waals surface area contributed by atoms with Gasteiger partial charge in [0.05, 0.1) is 13.2 Å². The van der Waals surface area contributed by atoms with Gasteiger partial charge >= 0.3 is 5.97 Å². The van der Waals surface area contributed by atoms with E-state index in [1.807, 2.05) is 18.4 Å². The lowest BCUT2D eigenvalue weighted by Crippen LogP contribution is -2.14. The summed E-state index contributed by atoms with van der Waals surface area (Å²) in [4.78, 5) is 12.9. The zero-order valence-electron chi connectivity index (χ0n) is 10.0. The summed E-state index contributed by atoms with van der Waals surface area (Å²) in [6.07, 6.45) is 0. The summed E-state index contributed by atoms with van der Waals surface area (Å²) >= 11 is 5.08. The average molecular weight is 330 g/mol. The number of ether oxygens (including phenoxy) is 1. The maximum absolute atomic E-state index is 11.7. The highest BCUT2D eigenvalue weighted by molar-refractivity contribution is 9.10. The molecular weight excluding hydrogens is 318 g/mol. The lowest BCUT2D eigenvalue weighted by atomic mass is 10.4. The van der Waals surface area contributed by atoms with Gasteiger partial charge in [0.2, 0.25) is 5.82 Å². The van der Waals surface area contributed by atoms with Gasteiger partial charge in [-0.1, -0.05) is 0 Å². The fourth-order valence-corrected chi connectivity index (χ4v) is 2.96. The van der Waals surface area contributed by atoms with Crippen molar-refractivity contribution in [1.82, 2.24) is 14.8 Å². The van der Waals surface area contributed by atoms with Crippen LogP contribution in [0.15, 0.2) is 15.9 Å². The van der Waals surface area contributed by atoms with Gasteiger partial charge < -0.3 is 9.30 Å². The van der Waals surface area contributed by atoms with Crippen molar-refractivity contribution in [2.45, 2.75) is 20.4 Å². The highest BCUT2D eigenvalue weighted by Crippen LogP contribution is 2.24. The van der Waals surface area contributed by atoms with Crippen molar-refractivity contribution in [3.63, 3.8) is 0 Å². The molecule has 5 nitrogen and oxygen atoms in total.